The van der Waals surface area contributed by atoms with Crippen LogP contribution in [0.5, 0.6) is 5.75 Å². The third kappa shape index (κ3) is 4.31. The number of benzene rings is 1. The third-order valence-electron chi connectivity index (χ3n) is 4.94. The van der Waals surface area contributed by atoms with Crippen molar-refractivity contribution < 1.29 is 27.4 Å². The molecule has 0 spiro atoms. The van der Waals surface area contributed by atoms with Gasteiger partial charge in [0.25, 0.3) is 5.91 Å². The molecule has 0 aliphatic carbocycles. The molecule has 1 aliphatic rings. The van der Waals surface area contributed by atoms with E-state index in [1.807, 2.05) is 0 Å². The normalized spacial score (nSPS) is 16.6. The summed E-state index contributed by atoms with van der Waals surface area (Å²) in [7, 11) is 1.48. The van der Waals surface area contributed by atoms with E-state index in [4.69, 9.17) is 21.1 Å². The summed E-state index contributed by atoms with van der Waals surface area (Å²) in [5.74, 6) is -0.140. The molecule has 0 radical (unpaired) electrons. The standard InChI is InChI=1S/C20H18ClF3N4O3/c1-30-12-6-4-11(5-7-12)14-9-15(20(22,23)24)28-18(26-14)16(21)17(27-28)19(29)25-10-13-3-2-8-31-13/h4-7,9,13H,2-3,8,10H2,1H3,(H,25,29)/t13-/m1/s1. The number of methoxy groups -OCH3 is 1. The van der Waals surface area contributed by atoms with Crippen LogP contribution < -0.4 is 10.1 Å². The van der Waals surface area contributed by atoms with Crippen LogP contribution in [0.3, 0.4) is 0 Å². The highest BCUT2D eigenvalue weighted by molar-refractivity contribution is 6.36. The van der Waals surface area contributed by atoms with Crippen molar-refractivity contribution in [2.75, 3.05) is 20.3 Å². The lowest BCUT2D eigenvalue weighted by molar-refractivity contribution is -0.142. The predicted octanol–water partition coefficient (Wildman–Crippen LogP) is 3.99. The van der Waals surface area contributed by atoms with Gasteiger partial charge in [0.1, 0.15) is 10.8 Å². The lowest BCUT2D eigenvalue weighted by atomic mass is 10.1. The van der Waals surface area contributed by atoms with Gasteiger partial charge in [0.15, 0.2) is 17.0 Å². The number of hydrogen-bond donors (Lipinski definition) is 1. The highest BCUT2D eigenvalue weighted by atomic mass is 35.5. The molecule has 3 aromatic rings. The minimum absolute atomic E-state index is 0.0376. The van der Waals surface area contributed by atoms with Crippen molar-refractivity contribution in [3.63, 3.8) is 0 Å². The van der Waals surface area contributed by atoms with E-state index in [2.05, 4.69) is 15.4 Å². The molecule has 0 unspecified atom stereocenters. The van der Waals surface area contributed by atoms with Crippen molar-refractivity contribution in [2.24, 2.45) is 0 Å². The Kier molecular flexibility index (Phi) is 5.76. The summed E-state index contributed by atoms with van der Waals surface area (Å²) in [5.41, 5.74) is -1.22. The first-order valence-electron chi connectivity index (χ1n) is 9.48. The molecule has 1 atom stereocenters. The molecule has 1 N–H and O–H groups in total. The van der Waals surface area contributed by atoms with Gasteiger partial charge in [-0.15, -0.1) is 0 Å². The van der Waals surface area contributed by atoms with Crippen LogP contribution >= 0.6 is 11.6 Å². The first-order valence-corrected chi connectivity index (χ1v) is 9.86. The van der Waals surface area contributed by atoms with Crippen LogP contribution in [0.4, 0.5) is 13.2 Å². The number of aromatic nitrogens is 3. The molecule has 7 nitrogen and oxygen atoms in total. The largest absolute Gasteiger partial charge is 0.497 e. The molecule has 1 aromatic carbocycles. The van der Waals surface area contributed by atoms with Crippen LogP contribution in [-0.2, 0) is 10.9 Å². The fraction of sp³-hybridized carbons (Fsp3) is 0.350. The highest BCUT2D eigenvalue weighted by Crippen LogP contribution is 2.34. The Bertz CT molecular complexity index is 1110. The summed E-state index contributed by atoms with van der Waals surface area (Å²) >= 11 is 6.25. The van der Waals surface area contributed by atoms with Gasteiger partial charge in [0.05, 0.1) is 18.9 Å². The quantitative estimate of drug-likeness (QED) is 0.631. The summed E-state index contributed by atoms with van der Waals surface area (Å²) in [6.07, 6.45) is -3.19. The molecular weight excluding hydrogens is 437 g/mol. The number of nitrogens with zero attached hydrogens (tertiary/aromatic N) is 3. The van der Waals surface area contributed by atoms with E-state index < -0.39 is 17.8 Å². The Morgan fingerprint density at radius 1 is 1.35 bits per heavy atom. The first-order chi connectivity index (χ1) is 14.8. The number of hydrogen-bond acceptors (Lipinski definition) is 5. The topological polar surface area (TPSA) is 77.8 Å². The summed E-state index contributed by atoms with van der Waals surface area (Å²) in [5, 5.41) is 6.17. The van der Waals surface area contributed by atoms with Crippen LogP contribution in [0.2, 0.25) is 5.02 Å². The molecule has 1 aliphatic heterocycles. The second-order valence-electron chi connectivity index (χ2n) is 7.00. The van der Waals surface area contributed by atoms with Crippen molar-refractivity contribution in [3.05, 3.63) is 46.7 Å². The SMILES string of the molecule is COc1ccc(-c2cc(C(F)(F)F)n3nc(C(=O)NC[C@H]4CCCO4)c(Cl)c3n2)cc1. The average molecular weight is 455 g/mol. The molecule has 164 valence electrons. The van der Waals surface area contributed by atoms with Gasteiger partial charge in [-0.2, -0.15) is 18.3 Å². The number of alkyl halides is 3. The van der Waals surface area contributed by atoms with Crippen molar-refractivity contribution in [3.8, 4) is 17.0 Å². The molecular formula is C20H18ClF3N4O3. The van der Waals surface area contributed by atoms with Crippen LogP contribution in [-0.4, -0.2) is 46.9 Å². The molecule has 4 rings (SSSR count). The van der Waals surface area contributed by atoms with Gasteiger partial charge in [-0.25, -0.2) is 9.50 Å². The van der Waals surface area contributed by atoms with Crippen molar-refractivity contribution in [1.29, 1.82) is 0 Å². The minimum atomic E-state index is -4.75. The number of nitrogens with one attached hydrogen (secondary N) is 1. The Hall–Kier alpha value is -2.85. The Morgan fingerprint density at radius 2 is 2.10 bits per heavy atom. The molecule has 11 heteroatoms. The maximum Gasteiger partial charge on any atom is 0.433 e. The lowest BCUT2D eigenvalue weighted by Gasteiger charge is -2.11. The zero-order chi connectivity index (χ0) is 22.2. The first kappa shape index (κ1) is 21.4. The maximum absolute atomic E-state index is 13.8. The van der Waals surface area contributed by atoms with Crippen molar-refractivity contribution >= 4 is 23.2 Å². The van der Waals surface area contributed by atoms with Gasteiger partial charge in [-0.1, -0.05) is 11.6 Å². The molecule has 0 saturated carbocycles. The molecule has 0 bridgehead atoms. The summed E-state index contributed by atoms with van der Waals surface area (Å²) < 4.78 is 52.3. The zero-order valence-electron chi connectivity index (χ0n) is 16.4. The number of halogens is 4. The van der Waals surface area contributed by atoms with Gasteiger partial charge in [0.2, 0.25) is 0 Å². The molecule has 2 aromatic heterocycles. The number of fused-ring (bicyclic) bond motifs is 1. The number of rotatable bonds is 5. The van der Waals surface area contributed by atoms with E-state index in [0.717, 1.165) is 18.9 Å². The molecule has 3 heterocycles. The van der Waals surface area contributed by atoms with E-state index in [1.54, 1.807) is 24.3 Å². The number of carbonyl (C=O) groups excluding carboxylic acids is 1. The Balaban J connectivity index is 1.75. The van der Waals surface area contributed by atoms with E-state index in [-0.39, 0.29) is 34.7 Å². The minimum Gasteiger partial charge on any atom is -0.497 e. The number of amides is 1. The smallest absolute Gasteiger partial charge is 0.433 e. The molecule has 1 amide bonds. The van der Waals surface area contributed by atoms with Gasteiger partial charge in [-0.05, 0) is 43.2 Å². The second kappa shape index (κ2) is 8.35. The van der Waals surface area contributed by atoms with E-state index in [1.165, 1.54) is 7.11 Å². The summed E-state index contributed by atoms with van der Waals surface area (Å²) in [4.78, 5) is 16.8. The third-order valence-corrected chi connectivity index (χ3v) is 5.29. The fourth-order valence-electron chi connectivity index (χ4n) is 3.34. The Morgan fingerprint density at radius 3 is 2.71 bits per heavy atom. The molecule has 31 heavy (non-hydrogen) atoms. The van der Waals surface area contributed by atoms with Crippen LogP contribution in [0, 0.1) is 0 Å². The van der Waals surface area contributed by atoms with E-state index in [9.17, 15) is 18.0 Å². The monoisotopic (exact) mass is 454 g/mol. The van der Waals surface area contributed by atoms with Gasteiger partial charge in [0, 0.05) is 18.7 Å². The Labute approximate surface area is 180 Å². The number of ether oxygens (including phenoxy) is 2. The molecule has 1 saturated heterocycles. The summed E-state index contributed by atoms with van der Waals surface area (Å²) in [6, 6.07) is 7.24. The van der Waals surface area contributed by atoms with E-state index >= 15 is 0 Å². The fourth-order valence-corrected chi connectivity index (χ4v) is 3.59. The van der Waals surface area contributed by atoms with Gasteiger partial charge in [-0.3, -0.25) is 4.79 Å². The molecule has 1 fully saturated rings. The van der Waals surface area contributed by atoms with Gasteiger partial charge < -0.3 is 14.8 Å². The lowest BCUT2D eigenvalue weighted by Crippen LogP contribution is -2.32. The predicted molar refractivity (Wildman–Crippen MR) is 106 cm³/mol. The van der Waals surface area contributed by atoms with Crippen molar-refractivity contribution in [1.82, 2.24) is 19.9 Å². The van der Waals surface area contributed by atoms with Crippen LogP contribution in [0.25, 0.3) is 16.9 Å². The van der Waals surface area contributed by atoms with Crippen molar-refractivity contribution in [2.45, 2.75) is 25.1 Å². The van der Waals surface area contributed by atoms with Gasteiger partial charge >= 0.3 is 6.18 Å². The second-order valence-corrected chi connectivity index (χ2v) is 7.37. The summed E-state index contributed by atoms with van der Waals surface area (Å²) in [6.45, 7) is 0.836. The number of carbonyl (C=O) groups is 1. The average Bonchev–Trinajstić information content (AvgIpc) is 3.39. The highest BCUT2D eigenvalue weighted by Gasteiger charge is 2.36. The maximum atomic E-state index is 13.8. The zero-order valence-corrected chi connectivity index (χ0v) is 17.1. The van der Waals surface area contributed by atoms with Crippen LogP contribution in [0.1, 0.15) is 29.0 Å². The van der Waals surface area contributed by atoms with Crippen LogP contribution in [0.15, 0.2) is 30.3 Å². The van der Waals surface area contributed by atoms with E-state index in [0.29, 0.717) is 22.4 Å².